The molecule has 2 aliphatic heterocycles. The average molecular weight is 330 g/mol. The Bertz CT molecular complexity index is 625. The Kier molecular flexibility index (Phi) is 5.01. The van der Waals surface area contributed by atoms with Gasteiger partial charge in [0.25, 0.3) is 5.91 Å². The molecule has 0 saturated carbocycles. The number of β-amino-alcohol motifs (C(OH)–C–C–N with tert-alkyl or cyclic N) is 1. The summed E-state index contributed by atoms with van der Waals surface area (Å²) in [5.74, 6) is -0.261. The summed E-state index contributed by atoms with van der Waals surface area (Å²) in [6.07, 6.45) is 3.88. The molecule has 0 bridgehead atoms. The van der Waals surface area contributed by atoms with E-state index < -0.39 is 5.60 Å². The van der Waals surface area contributed by atoms with Gasteiger partial charge in [-0.2, -0.15) is 0 Å². The third-order valence-corrected chi connectivity index (χ3v) is 5.10. The highest BCUT2D eigenvalue weighted by atomic mass is 16.3. The molecule has 0 spiro atoms. The van der Waals surface area contributed by atoms with Gasteiger partial charge in [-0.25, -0.2) is 0 Å². The van der Waals surface area contributed by atoms with Crippen LogP contribution < -0.4 is 0 Å². The summed E-state index contributed by atoms with van der Waals surface area (Å²) < 4.78 is 0. The second-order valence-electron chi connectivity index (χ2n) is 7.14. The summed E-state index contributed by atoms with van der Waals surface area (Å²) in [7, 11) is 0. The Labute approximate surface area is 143 Å². The molecule has 0 aromatic heterocycles. The zero-order valence-corrected chi connectivity index (χ0v) is 14.3. The van der Waals surface area contributed by atoms with E-state index in [2.05, 4.69) is 4.90 Å². The van der Waals surface area contributed by atoms with Gasteiger partial charge in [-0.3, -0.25) is 9.59 Å². The number of ketones is 1. The number of piperidine rings is 1. The second kappa shape index (κ2) is 7.03. The Morgan fingerprint density at radius 1 is 1.08 bits per heavy atom. The molecule has 24 heavy (non-hydrogen) atoms. The fourth-order valence-electron chi connectivity index (χ4n) is 3.92. The molecule has 0 unspecified atom stereocenters. The van der Waals surface area contributed by atoms with Crippen molar-refractivity contribution in [3.8, 4) is 0 Å². The molecule has 1 amide bonds. The number of amides is 1. The van der Waals surface area contributed by atoms with Crippen LogP contribution in [-0.4, -0.2) is 64.9 Å². The van der Waals surface area contributed by atoms with E-state index >= 15 is 0 Å². The zero-order chi connectivity index (χ0) is 17.2. The first kappa shape index (κ1) is 17.1. The molecule has 2 saturated heterocycles. The molecule has 3 rings (SSSR count). The van der Waals surface area contributed by atoms with E-state index in [1.807, 2.05) is 0 Å². The molecule has 1 aromatic rings. The lowest BCUT2D eigenvalue weighted by Gasteiger charge is -2.41. The number of likely N-dealkylation sites (tertiary alicyclic amines) is 2. The first-order valence-corrected chi connectivity index (χ1v) is 8.82. The second-order valence-corrected chi connectivity index (χ2v) is 7.14. The minimum absolute atomic E-state index is 0.108. The van der Waals surface area contributed by atoms with E-state index in [9.17, 15) is 14.7 Å². The Balaban J connectivity index is 1.74. The van der Waals surface area contributed by atoms with Gasteiger partial charge in [0.1, 0.15) is 0 Å². The third-order valence-electron chi connectivity index (χ3n) is 5.10. The summed E-state index contributed by atoms with van der Waals surface area (Å²) >= 11 is 0. The van der Waals surface area contributed by atoms with Gasteiger partial charge in [0.2, 0.25) is 0 Å². The van der Waals surface area contributed by atoms with Gasteiger partial charge in [0, 0.05) is 18.7 Å². The van der Waals surface area contributed by atoms with Crippen LogP contribution in [-0.2, 0) is 0 Å². The highest BCUT2D eigenvalue weighted by molar-refractivity contribution is 6.07. The molecule has 1 aromatic carbocycles. The molecule has 5 heteroatoms. The number of aliphatic hydroxyl groups is 1. The number of carbonyl (C=O) groups is 2. The van der Waals surface area contributed by atoms with Crippen molar-refractivity contribution in [3.05, 3.63) is 35.4 Å². The molecule has 130 valence electrons. The zero-order valence-electron chi connectivity index (χ0n) is 14.3. The number of benzene rings is 1. The van der Waals surface area contributed by atoms with Gasteiger partial charge >= 0.3 is 0 Å². The fraction of sp³-hybridized carbons (Fsp3) is 0.579. The average Bonchev–Trinajstić information content (AvgIpc) is 3.06. The number of rotatable bonds is 4. The van der Waals surface area contributed by atoms with E-state index in [1.165, 1.54) is 19.8 Å². The van der Waals surface area contributed by atoms with Crippen molar-refractivity contribution >= 4 is 11.7 Å². The van der Waals surface area contributed by atoms with Crippen LogP contribution in [0.1, 0.15) is 53.3 Å². The fourth-order valence-corrected chi connectivity index (χ4v) is 3.92. The van der Waals surface area contributed by atoms with Crippen LogP contribution in [0.15, 0.2) is 24.3 Å². The van der Waals surface area contributed by atoms with Crippen molar-refractivity contribution in [3.63, 3.8) is 0 Å². The molecular formula is C19H26N2O3. The lowest BCUT2D eigenvalue weighted by molar-refractivity contribution is -0.0431. The smallest absolute Gasteiger partial charge is 0.254 e. The predicted molar refractivity (Wildman–Crippen MR) is 92.2 cm³/mol. The number of hydrogen-bond donors (Lipinski definition) is 1. The lowest BCUT2D eigenvalue weighted by atomic mass is 9.91. The van der Waals surface area contributed by atoms with Crippen molar-refractivity contribution < 1.29 is 14.7 Å². The maximum Gasteiger partial charge on any atom is 0.254 e. The largest absolute Gasteiger partial charge is 0.387 e. The Hall–Kier alpha value is -1.72. The van der Waals surface area contributed by atoms with E-state index in [1.54, 1.807) is 29.2 Å². The SMILES string of the molecule is CC(=O)c1ccccc1C(=O)N1CCC[C@@](O)(CN2CCCC2)C1. The van der Waals surface area contributed by atoms with E-state index in [0.717, 1.165) is 25.9 Å². The van der Waals surface area contributed by atoms with Crippen molar-refractivity contribution in [1.82, 2.24) is 9.80 Å². The normalized spacial score (nSPS) is 25.0. The standard InChI is InChI=1S/C19H26N2O3/c1-15(22)16-7-2-3-8-17(16)18(23)21-12-6-9-19(24,14-21)13-20-10-4-5-11-20/h2-3,7-8,24H,4-6,9-14H2,1H3/t19-/m1/s1. The van der Waals surface area contributed by atoms with Crippen LogP contribution in [0, 0.1) is 0 Å². The summed E-state index contributed by atoms with van der Waals surface area (Å²) in [6, 6.07) is 6.94. The monoisotopic (exact) mass is 330 g/mol. The van der Waals surface area contributed by atoms with Crippen LogP contribution >= 0.6 is 0 Å². The van der Waals surface area contributed by atoms with E-state index in [-0.39, 0.29) is 11.7 Å². The van der Waals surface area contributed by atoms with Gasteiger partial charge in [-0.15, -0.1) is 0 Å². The molecule has 2 aliphatic rings. The Morgan fingerprint density at radius 3 is 2.42 bits per heavy atom. The minimum atomic E-state index is -0.844. The first-order chi connectivity index (χ1) is 11.5. The highest BCUT2D eigenvalue weighted by Gasteiger charge is 2.37. The topological polar surface area (TPSA) is 60.9 Å². The highest BCUT2D eigenvalue weighted by Crippen LogP contribution is 2.26. The molecule has 2 fully saturated rings. The lowest BCUT2D eigenvalue weighted by Crippen LogP contribution is -2.55. The maximum atomic E-state index is 12.9. The molecule has 1 N–H and O–H groups in total. The molecule has 5 nitrogen and oxygen atoms in total. The molecule has 0 radical (unpaired) electrons. The third kappa shape index (κ3) is 3.68. The maximum absolute atomic E-state index is 12.9. The van der Waals surface area contributed by atoms with Gasteiger partial charge in [-0.1, -0.05) is 18.2 Å². The van der Waals surface area contributed by atoms with Crippen LogP contribution in [0.25, 0.3) is 0 Å². The first-order valence-electron chi connectivity index (χ1n) is 8.82. The van der Waals surface area contributed by atoms with Crippen molar-refractivity contribution in [1.29, 1.82) is 0 Å². The summed E-state index contributed by atoms with van der Waals surface area (Å²) in [6.45, 7) is 5.14. The molecule has 1 atom stereocenters. The summed E-state index contributed by atoms with van der Waals surface area (Å²) in [5.41, 5.74) is 0.0511. The van der Waals surface area contributed by atoms with Gasteiger partial charge in [0.15, 0.2) is 5.78 Å². The number of carbonyl (C=O) groups excluding carboxylic acids is 2. The van der Waals surface area contributed by atoms with E-state index in [0.29, 0.717) is 30.8 Å². The van der Waals surface area contributed by atoms with Crippen LogP contribution in [0.3, 0.4) is 0 Å². The number of Topliss-reactive ketones (excluding diaryl/α,β-unsaturated/α-hetero) is 1. The van der Waals surface area contributed by atoms with Crippen molar-refractivity contribution in [2.45, 2.75) is 38.2 Å². The van der Waals surface area contributed by atoms with Crippen LogP contribution in [0.4, 0.5) is 0 Å². The predicted octanol–water partition coefficient (Wildman–Crippen LogP) is 1.95. The number of nitrogens with zero attached hydrogens (tertiary/aromatic N) is 2. The van der Waals surface area contributed by atoms with Gasteiger partial charge in [0.05, 0.1) is 17.7 Å². The summed E-state index contributed by atoms with van der Waals surface area (Å²) in [4.78, 5) is 28.7. The minimum Gasteiger partial charge on any atom is -0.387 e. The van der Waals surface area contributed by atoms with Gasteiger partial charge < -0.3 is 14.9 Å². The van der Waals surface area contributed by atoms with Crippen molar-refractivity contribution in [2.75, 3.05) is 32.7 Å². The van der Waals surface area contributed by atoms with Crippen LogP contribution in [0.2, 0.25) is 0 Å². The quantitative estimate of drug-likeness (QED) is 0.857. The molecule has 2 heterocycles. The number of hydrogen-bond acceptors (Lipinski definition) is 4. The van der Waals surface area contributed by atoms with Gasteiger partial charge in [-0.05, 0) is 51.8 Å². The van der Waals surface area contributed by atoms with Crippen LogP contribution in [0.5, 0.6) is 0 Å². The Morgan fingerprint density at radius 2 is 1.75 bits per heavy atom. The van der Waals surface area contributed by atoms with Crippen molar-refractivity contribution in [2.24, 2.45) is 0 Å². The summed E-state index contributed by atoms with van der Waals surface area (Å²) in [5, 5.41) is 11.0. The molecular weight excluding hydrogens is 304 g/mol. The van der Waals surface area contributed by atoms with E-state index in [4.69, 9.17) is 0 Å². The molecule has 0 aliphatic carbocycles.